The summed E-state index contributed by atoms with van der Waals surface area (Å²) in [6.07, 6.45) is 3.68. The van der Waals surface area contributed by atoms with Gasteiger partial charge in [0.1, 0.15) is 11.4 Å². The summed E-state index contributed by atoms with van der Waals surface area (Å²) in [7, 11) is 0. The molecule has 0 spiro atoms. The summed E-state index contributed by atoms with van der Waals surface area (Å²) in [4.78, 5) is 18.4. The molecule has 0 aliphatic carbocycles. The fourth-order valence-electron chi connectivity index (χ4n) is 2.97. The van der Waals surface area contributed by atoms with Gasteiger partial charge in [0.05, 0.1) is 5.52 Å². The van der Waals surface area contributed by atoms with E-state index in [4.69, 9.17) is 4.52 Å². The standard InChI is InChI=1S/C20H16FN3O2S/c1-3-24-11-16(18(25)15-10-13(21)6-9-17(15)24)20-22-19(23-26-20)12-4-7-14(27-2)8-5-12/h4-11H,3H2,1-2H3. The molecule has 0 bridgehead atoms. The van der Waals surface area contributed by atoms with Gasteiger partial charge in [-0.25, -0.2) is 4.39 Å². The summed E-state index contributed by atoms with van der Waals surface area (Å²) in [5.74, 6) is 0.0660. The molecule has 0 fully saturated rings. The molecule has 7 heteroatoms. The van der Waals surface area contributed by atoms with Crippen molar-refractivity contribution in [1.82, 2.24) is 14.7 Å². The second-order valence-electron chi connectivity index (χ2n) is 5.97. The highest BCUT2D eigenvalue weighted by Gasteiger charge is 2.17. The maximum Gasteiger partial charge on any atom is 0.263 e. The van der Waals surface area contributed by atoms with E-state index in [9.17, 15) is 9.18 Å². The Bertz CT molecular complexity index is 1180. The molecule has 4 rings (SSSR count). The largest absolute Gasteiger partial charge is 0.347 e. The fourth-order valence-corrected chi connectivity index (χ4v) is 3.38. The van der Waals surface area contributed by atoms with Gasteiger partial charge in [0.25, 0.3) is 5.89 Å². The van der Waals surface area contributed by atoms with E-state index < -0.39 is 5.82 Å². The van der Waals surface area contributed by atoms with Crippen LogP contribution in [0.2, 0.25) is 0 Å². The quantitative estimate of drug-likeness (QED) is 0.484. The molecule has 0 unspecified atom stereocenters. The molecular formula is C20H16FN3O2S. The smallest absolute Gasteiger partial charge is 0.263 e. The number of fused-ring (bicyclic) bond motifs is 1. The highest BCUT2D eigenvalue weighted by molar-refractivity contribution is 7.98. The molecule has 0 saturated heterocycles. The van der Waals surface area contributed by atoms with Crippen molar-refractivity contribution in [1.29, 1.82) is 0 Å². The number of hydrogen-bond acceptors (Lipinski definition) is 5. The first-order chi connectivity index (χ1) is 13.1. The number of thioether (sulfide) groups is 1. The summed E-state index contributed by atoms with van der Waals surface area (Å²) in [6, 6.07) is 11.9. The topological polar surface area (TPSA) is 60.9 Å². The van der Waals surface area contributed by atoms with Crippen LogP contribution in [-0.4, -0.2) is 21.0 Å². The number of aryl methyl sites for hydroxylation is 1. The minimum absolute atomic E-state index is 0.123. The number of nitrogens with zero attached hydrogens (tertiary/aromatic N) is 3. The Morgan fingerprint density at radius 2 is 1.96 bits per heavy atom. The van der Waals surface area contributed by atoms with Gasteiger partial charge in [-0.15, -0.1) is 11.8 Å². The van der Waals surface area contributed by atoms with Gasteiger partial charge in [0, 0.05) is 28.6 Å². The van der Waals surface area contributed by atoms with Gasteiger partial charge in [0.15, 0.2) is 0 Å². The van der Waals surface area contributed by atoms with Gasteiger partial charge in [-0.2, -0.15) is 4.98 Å². The van der Waals surface area contributed by atoms with Crippen molar-refractivity contribution in [3.63, 3.8) is 0 Å². The van der Waals surface area contributed by atoms with E-state index >= 15 is 0 Å². The lowest BCUT2D eigenvalue weighted by atomic mass is 10.1. The Hall–Kier alpha value is -2.93. The second-order valence-corrected chi connectivity index (χ2v) is 6.85. The highest BCUT2D eigenvalue weighted by Crippen LogP contribution is 2.24. The van der Waals surface area contributed by atoms with Crippen LogP contribution in [0.25, 0.3) is 33.7 Å². The van der Waals surface area contributed by atoms with Crippen LogP contribution in [0.1, 0.15) is 6.92 Å². The highest BCUT2D eigenvalue weighted by atomic mass is 32.2. The monoisotopic (exact) mass is 381 g/mol. The first kappa shape index (κ1) is 17.5. The van der Waals surface area contributed by atoms with Crippen LogP contribution in [0.3, 0.4) is 0 Å². The molecule has 0 aliphatic rings. The van der Waals surface area contributed by atoms with Gasteiger partial charge < -0.3 is 9.09 Å². The molecule has 0 amide bonds. The minimum Gasteiger partial charge on any atom is -0.347 e. The van der Waals surface area contributed by atoms with Gasteiger partial charge in [0.2, 0.25) is 11.3 Å². The minimum atomic E-state index is -0.459. The number of aromatic nitrogens is 3. The van der Waals surface area contributed by atoms with E-state index in [1.54, 1.807) is 24.0 Å². The van der Waals surface area contributed by atoms with E-state index in [0.29, 0.717) is 23.3 Å². The number of benzene rings is 2. The zero-order valence-electron chi connectivity index (χ0n) is 14.8. The predicted molar refractivity (Wildman–Crippen MR) is 104 cm³/mol. The number of rotatable bonds is 4. The second kappa shape index (κ2) is 7.00. The van der Waals surface area contributed by atoms with Crippen LogP contribution >= 0.6 is 11.8 Å². The maximum atomic E-state index is 13.7. The van der Waals surface area contributed by atoms with Gasteiger partial charge in [-0.05, 0) is 55.6 Å². The first-order valence-electron chi connectivity index (χ1n) is 8.42. The van der Waals surface area contributed by atoms with Crippen molar-refractivity contribution < 1.29 is 8.91 Å². The van der Waals surface area contributed by atoms with Crippen molar-refractivity contribution in [3.05, 3.63) is 64.7 Å². The Balaban J connectivity index is 1.84. The first-order valence-corrected chi connectivity index (χ1v) is 9.64. The van der Waals surface area contributed by atoms with Crippen molar-refractivity contribution in [2.24, 2.45) is 0 Å². The molecule has 2 heterocycles. The van der Waals surface area contributed by atoms with E-state index in [-0.39, 0.29) is 16.9 Å². The maximum absolute atomic E-state index is 13.7. The van der Waals surface area contributed by atoms with Crippen molar-refractivity contribution >= 4 is 22.7 Å². The molecule has 5 nitrogen and oxygen atoms in total. The molecule has 136 valence electrons. The SMILES string of the molecule is CCn1cc(-c2nc(-c3ccc(SC)cc3)no2)c(=O)c2cc(F)ccc21. The number of hydrogen-bond donors (Lipinski definition) is 0. The fraction of sp³-hybridized carbons (Fsp3) is 0.150. The Morgan fingerprint density at radius 1 is 1.19 bits per heavy atom. The summed E-state index contributed by atoms with van der Waals surface area (Å²) in [6.45, 7) is 2.57. The van der Waals surface area contributed by atoms with Crippen molar-refractivity contribution in [3.8, 4) is 22.8 Å². The average molecular weight is 381 g/mol. The molecule has 0 N–H and O–H groups in total. The van der Waals surface area contributed by atoms with E-state index in [1.165, 1.54) is 12.1 Å². The van der Waals surface area contributed by atoms with Crippen LogP contribution in [0.4, 0.5) is 4.39 Å². The summed E-state index contributed by atoms with van der Waals surface area (Å²) >= 11 is 1.64. The van der Waals surface area contributed by atoms with Crippen LogP contribution < -0.4 is 5.43 Å². The van der Waals surface area contributed by atoms with E-state index in [0.717, 1.165) is 10.5 Å². The van der Waals surface area contributed by atoms with Crippen LogP contribution in [0.15, 0.2) is 62.9 Å². The van der Waals surface area contributed by atoms with Crippen LogP contribution in [0.5, 0.6) is 0 Å². The normalized spacial score (nSPS) is 11.2. The Morgan fingerprint density at radius 3 is 2.67 bits per heavy atom. The molecule has 0 saturated carbocycles. The van der Waals surface area contributed by atoms with Gasteiger partial charge in [-0.1, -0.05) is 5.16 Å². The number of pyridine rings is 1. The van der Waals surface area contributed by atoms with Crippen LogP contribution in [0, 0.1) is 5.82 Å². The lowest BCUT2D eigenvalue weighted by Gasteiger charge is -2.09. The predicted octanol–water partition coefficient (Wildman–Crippen LogP) is 4.60. The lowest BCUT2D eigenvalue weighted by Crippen LogP contribution is -2.12. The molecule has 2 aromatic carbocycles. The Kier molecular flexibility index (Phi) is 4.53. The molecule has 2 aromatic heterocycles. The third-order valence-corrected chi connectivity index (χ3v) is 5.13. The summed E-state index contributed by atoms with van der Waals surface area (Å²) < 4.78 is 20.9. The third-order valence-electron chi connectivity index (χ3n) is 4.39. The molecule has 0 atom stereocenters. The van der Waals surface area contributed by atoms with E-state index in [2.05, 4.69) is 10.1 Å². The van der Waals surface area contributed by atoms with Crippen molar-refractivity contribution in [2.75, 3.05) is 6.26 Å². The van der Waals surface area contributed by atoms with Gasteiger partial charge in [-0.3, -0.25) is 4.79 Å². The van der Waals surface area contributed by atoms with E-state index in [1.807, 2.05) is 42.0 Å². The van der Waals surface area contributed by atoms with Crippen molar-refractivity contribution in [2.45, 2.75) is 18.4 Å². The molecule has 0 radical (unpaired) electrons. The van der Waals surface area contributed by atoms with Crippen LogP contribution in [-0.2, 0) is 6.54 Å². The molecule has 0 aliphatic heterocycles. The Labute approximate surface area is 158 Å². The molecule has 4 aromatic rings. The lowest BCUT2D eigenvalue weighted by molar-refractivity contribution is 0.431. The van der Waals surface area contributed by atoms with Gasteiger partial charge >= 0.3 is 0 Å². The number of halogens is 1. The average Bonchev–Trinajstić information content (AvgIpc) is 3.18. The molecule has 27 heavy (non-hydrogen) atoms. The summed E-state index contributed by atoms with van der Waals surface area (Å²) in [5.41, 5.74) is 1.39. The zero-order chi connectivity index (χ0) is 19.0. The summed E-state index contributed by atoms with van der Waals surface area (Å²) in [5, 5.41) is 4.29. The third kappa shape index (κ3) is 3.14. The zero-order valence-corrected chi connectivity index (χ0v) is 15.6. The molecular weight excluding hydrogens is 365 g/mol.